The van der Waals surface area contributed by atoms with Crippen LogP contribution in [0.3, 0.4) is 0 Å². The SMILES string of the molecule is CCCCCCCCc1ccc(C(O)c2ccc(CCCCCCCC)cc2)cc1. The largest absolute Gasteiger partial charge is 0.384 e. The van der Waals surface area contributed by atoms with E-state index < -0.39 is 6.10 Å². The molecule has 0 heterocycles. The van der Waals surface area contributed by atoms with E-state index in [1.807, 2.05) is 0 Å². The minimum absolute atomic E-state index is 0.531. The number of aliphatic hydroxyl groups is 1. The van der Waals surface area contributed by atoms with Crippen molar-refractivity contribution in [3.05, 3.63) is 70.8 Å². The van der Waals surface area contributed by atoms with Gasteiger partial charge in [0.2, 0.25) is 0 Å². The van der Waals surface area contributed by atoms with Crippen LogP contribution in [0, 0.1) is 0 Å². The van der Waals surface area contributed by atoms with Gasteiger partial charge in [-0.2, -0.15) is 0 Å². The zero-order valence-electron chi connectivity index (χ0n) is 19.5. The summed E-state index contributed by atoms with van der Waals surface area (Å²) >= 11 is 0. The Morgan fingerprint density at radius 1 is 0.500 bits per heavy atom. The molecule has 0 saturated carbocycles. The van der Waals surface area contributed by atoms with E-state index in [4.69, 9.17) is 0 Å². The Hall–Kier alpha value is -1.60. The highest BCUT2D eigenvalue weighted by Crippen LogP contribution is 2.23. The molecule has 0 fully saturated rings. The summed E-state index contributed by atoms with van der Waals surface area (Å²) in [4.78, 5) is 0. The van der Waals surface area contributed by atoms with Crippen LogP contribution in [-0.2, 0) is 12.8 Å². The van der Waals surface area contributed by atoms with E-state index in [2.05, 4.69) is 62.4 Å². The summed E-state index contributed by atoms with van der Waals surface area (Å²) in [5.74, 6) is 0. The summed E-state index contributed by atoms with van der Waals surface area (Å²) in [5, 5.41) is 10.8. The highest BCUT2D eigenvalue weighted by Gasteiger charge is 2.10. The second-order valence-electron chi connectivity index (χ2n) is 8.92. The standard InChI is InChI=1S/C29H44O/c1-3-5-7-9-11-13-15-25-17-21-27(22-18-25)29(30)28-23-19-26(20-24-28)16-14-12-10-8-6-4-2/h17-24,29-30H,3-16H2,1-2H3. The average molecular weight is 409 g/mol. The van der Waals surface area contributed by atoms with Crippen LogP contribution < -0.4 is 0 Å². The van der Waals surface area contributed by atoms with Gasteiger partial charge in [0.25, 0.3) is 0 Å². The number of unbranched alkanes of at least 4 members (excludes halogenated alkanes) is 10. The molecule has 1 nitrogen and oxygen atoms in total. The van der Waals surface area contributed by atoms with Crippen molar-refractivity contribution in [1.29, 1.82) is 0 Å². The fourth-order valence-electron chi connectivity index (χ4n) is 4.14. The van der Waals surface area contributed by atoms with Crippen LogP contribution in [0.15, 0.2) is 48.5 Å². The van der Waals surface area contributed by atoms with Crippen molar-refractivity contribution in [3.63, 3.8) is 0 Å². The maximum Gasteiger partial charge on any atom is 0.104 e. The molecule has 0 amide bonds. The van der Waals surface area contributed by atoms with Gasteiger partial charge in [-0.05, 0) is 47.9 Å². The molecule has 0 radical (unpaired) electrons. The van der Waals surface area contributed by atoms with Crippen molar-refractivity contribution in [2.24, 2.45) is 0 Å². The van der Waals surface area contributed by atoms with E-state index in [-0.39, 0.29) is 0 Å². The van der Waals surface area contributed by atoms with Gasteiger partial charge < -0.3 is 5.11 Å². The topological polar surface area (TPSA) is 20.2 Å². The van der Waals surface area contributed by atoms with Gasteiger partial charge >= 0.3 is 0 Å². The first-order chi connectivity index (χ1) is 14.7. The van der Waals surface area contributed by atoms with Gasteiger partial charge in [0.15, 0.2) is 0 Å². The van der Waals surface area contributed by atoms with E-state index >= 15 is 0 Å². The lowest BCUT2D eigenvalue weighted by molar-refractivity contribution is 0.220. The predicted molar refractivity (Wildman–Crippen MR) is 131 cm³/mol. The first-order valence-corrected chi connectivity index (χ1v) is 12.6. The number of aryl methyl sites for hydroxylation is 2. The molecule has 30 heavy (non-hydrogen) atoms. The molecule has 166 valence electrons. The summed E-state index contributed by atoms with van der Waals surface area (Å²) in [5.41, 5.74) is 4.75. The van der Waals surface area contributed by atoms with Crippen molar-refractivity contribution in [3.8, 4) is 0 Å². The Morgan fingerprint density at radius 3 is 1.20 bits per heavy atom. The maximum absolute atomic E-state index is 10.8. The molecule has 2 rings (SSSR count). The number of hydrogen-bond acceptors (Lipinski definition) is 1. The van der Waals surface area contributed by atoms with Gasteiger partial charge in [0.05, 0.1) is 0 Å². The fourth-order valence-corrected chi connectivity index (χ4v) is 4.14. The first kappa shape index (κ1) is 24.7. The summed E-state index contributed by atoms with van der Waals surface area (Å²) in [6.07, 6.45) is 17.8. The first-order valence-electron chi connectivity index (χ1n) is 12.6. The molecular weight excluding hydrogens is 364 g/mol. The van der Waals surface area contributed by atoms with Gasteiger partial charge in [0.1, 0.15) is 6.10 Å². The average Bonchev–Trinajstić information content (AvgIpc) is 2.79. The number of rotatable bonds is 16. The lowest BCUT2D eigenvalue weighted by atomic mass is 9.97. The number of hydrogen-bond donors (Lipinski definition) is 1. The molecular formula is C29H44O. The Kier molecular flexibility index (Phi) is 12.5. The molecule has 0 aromatic heterocycles. The molecule has 2 aromatic rings. The molecule has 0 aliphatic heterocycles. The van der Waals surface area contributed by atoms with Gasteiger partial charge in [-0.3, -0.25) is 0 Å². The normalized spacial score (nSPS) is 11.3. The van der Waals surface area contributed by atoms with Crippen molar-refractivity contribution >= 4 is 0 Å². The van der Waals surface area contributed by atoms with Crippen LogP contribution in [0.2, 0.25) is 0 Å². The van der Waals surface area contributed by atoms with Gasteiger partial charge in [-0.1, -0.05) is 127 Å². The van der Waals surface area contributed by atoms with E-state index in [0.717, 1.165) is 24.0 Å². The minimum Gasteiger partial charge on any atom is -0.384 e. The molecule has 2 aromatic carbocycles. The second kappa shape index (κ2) is 15.2. The van der Waals surface area contributed by atoms with E-state index in [1.54, 1.807) is 0 Å². The van der Waals surface area contributed by atoms with Crippen molar-refractivity contribution in [2.75, 3.05) is 0 Å². The predicted octanol–water partition coefficient (Wildman–Crippen LogP) is 8.57. The van der Waals surface area contributed by atoms with Crippen LogP contribution in [-0.4, -0.2) is 5.11 Å². The van der Waals surface area contributed by atoms with E-state index in [0.29, 0.717) is 0 Å². The Bertz CT molecular complexity index is 596. The molecule has 0 atom stereocenters. The van der Waals surface area contributed by atoms with Crippen molar-refractivity contribution < 1.29 is 5.11 Å². The van der Waals surface area contributed by atoms with Crippen LogP contribution >= 0.6 is 0 Å². The molecule has 0 saturated heterocycles. The van der Waals surface area contributed by atoms with Crippen LogP contribution in [0.1, 0.15) is 119 Å². The monoisotopic (exact) mass is 408 g/mol. The summed E-state index contributed by atoms with van der Waals surface area (Å²) in [7, 11) is 0. The zero-order valence-corrected chi connectivity index (χ0v) is 19.5. The molecule has 0 aliphatic carbocycles. The third kappa shape index (κ3) is 9.47. The lowest BCUT2D eigenvalue weighted by Crippen LogP contribution is -2.00. The summed E-state index contributed by atoms with van der Waals surface area (Å²) in [6, 6.07) is 17.2. The number of aliphatic hydroxyl groups excluding tert-OH is 1. The highest BCUT2D eigenvalue weighted by molar-refractivity contribution is 5.33. The Morgan fingerprint density at radius 2 is 0.833 bits per heavy atom. The third-order valence-electron chi connectivity index (χ3n) is 6.23. The Labute approximate surface area is 185 Å². The van der Waals surface area contributed by atoms with Gasteiger partial charge in [0, 0.05) is 0 Å². The zero-order chi connectivity index (χ0) is 21.4. The van der Waals surface area contributed by atoms with E-state index in [9.17, 15) is 5.11 Å². The Balaban J connectivity index is 1.74. The minimum atomic E-state index is -0.531. The number of benzene rings is 2. The summed E-state index contributed by atoms with van der Waals surface area (Å²) < 4.78 is 0. The molecule has 1 heteroatoms. The smallest absolute Gasteiger partial charge is 0.104 e. The molecule has 1 N–H and O–H groups in total. The summed E-state index contributed by atoms with van der Waals surface area (Å²) in [6.45, 7) is 4.53. The molecule has 0 bridgehead atoms. The second-order valence-corrected chi connectivity index (χ2v) is 8.92. The highest BCUT2D eigenvalue weighted by atomic mass is 16.3. The third-order valence-corrected chi connectivity index (χ3v) is 6.23. The van der Waals surface area contributed by atoms with Crippen LogP contribution in [0.25, 0.3) is 0 Å². The lowest BCUT2D eigenvalue weighted by Gasteiger charge is -2.13. The van der Waals surface area contributed by atoms with Crippen LogP contribution in [0.5, 0.6) is 0 Å². The maximum atomic E-state index is 10.8. The molecule has 0 unspecified atom stereocenters. The van der Waals surface area contributed by atoms with Crippen molar-refractivity contribution in [2.45, 2.75) is 110 Å². The quantitative estimate of drug-likeness (QED) is 0.276. The van der Waals surface area contributed by atoms with E-state index in [1.165, 1.54) is 88.2 Å². The molecule has 0 aliphatic rings. The van der Waals surface area contributed by atoms with Crippen molar-refractivity contribution in [1.82, 2.24) is 0 Å². The van der Waals surface area contributed by atoms with Gasteiger partial charge in [-0.15, -0.1) is 0 Å². The van der Waals surface area contributed by atoms with Gasteiger partial charge in [-0.25, -0.2) is 0 Å². The molecule has 0 spiro atoms. The fraction of sp³-hybridized carbons (Fsp3) is 0.586. The van der Waals surface area contributed by atoms with Crippen LogP contribution in [0.4, 0.5) is 0 Å².